The molecule has 3 heterocycles. The molecular formula is C20H27N3O3S. The largest absolute Gasteiger partial charge is 0.376 e. The van der Waals surface area contributed by atoms with Gasteiger partial charge in [-0.3, -0.25) is 14.2 Å². The first-order valence-corrected chi connectivity index (χ1v) is 10.9. The van der Waals surface area contributed by atoms with Gasteiger partial charge in [-0.1, -0.05) is 0 Å². The van der Waals surface area contributed by atoms with Crippen LogP contribution in [0.5, 0.6) is 0 Å². The molecule has 2 aromatic heterocycles. The second-order valence-corrected chi connectivity index (χ2v) is 8.54. The van der Waals surface area contributed by atoms with Gasteiger partial charge in [0.1, 0.15) is 4.83 Å². The lowest BCUT2D eigenvalue weighted by Gasteiger charge is -2.24. The lowest BCUT2D eigenvalue weighted by atomic mass is 9.97. The molecule has 1 amide bonds. The third kappa shape index (κ3) is 3.80. The van der Waals surface area contributed by atoms with Crippen molar-refractivity contribution >= 4 is 27.5 Å². The van der Waals surface area contributed by atoms with Crippen molar-refractivity contribution in [2.45, 2.75) is 64.5 Å². The van der Waals surface area contributed by atoms with Crippen molar-refractivity contribution in [3.8, 4) is 0 Å². The van der Waals surface area contributed by atoms with Gasteiger partial charge in [-0.05, 0) is 51.0 Å². The molecule has 146 valence electrons. The van der Waals surface area contributed by atoms with E-state index < -0.39 is 0 Å². The van der Waals surface area contributed by atoms with Crippen LogP contribution in [0.2, 0.25) is 0 Å². The van der Waals surface area contributed by atoms with Gasteiger partial charge in [0.25, 0.3) is 5.56 Å². The van der Waals surface area contributed by atoms with Crippen LogP contribution in [0.25, 0.3) is 10.2 Å². The normalized spacial score (nSPS) is 19.4. The lowest BCUT2D eigenvalue weighted by Crippen LogP contribution is -2.38. The van der Waals surface area contributed by atoms with E-state index in [1.165, 1.54) is 16.9 Å². The molecule has 7 heteroatoms. The molecule has 2 aliphatic rings. The van der Waals surface area contributed by atoms with E-state index in [4.69, 9.17) is 4.74 Å². The number of rotatable bonds is 6. The zero-order valence-electron chi connectivity index (χ0n) is 15.9. The minimum absolute atomic E-state index is 0.00868. The zero-order valence-corrected chi connectivity index (χ0v) is 16.7. The monoisotopic (exact) mass is 389 g/mol. The first-order valence-electron chi connectivity index (χ1n) is 10.1. The number of amides is 1. The van der Waals surface area contributed by atoms with E-state index in [1.54, 1.807) is 22.2 Å². The van der Waals surface area contributed by atoms with Crippen LogP contribution in [0.3, 0.4) is 0 Å². The Morgan fingerprint density at radius 1 is 1.37 bits per heavy atom. The van der Waals surface area contributed by atoms with Crippen molar-refractivity contribution in [3.63, 3.8) is 0 Å². The summed E-state index contributed by atoms with van der Waals surface area (Å²) in [5, 5.41) is 0.788. The van der Waals surface area contributed by atoms with Gasteiger partial charge in [-0.2, -0.15) is 0 Å². The predicted octanol–water partition coefficient (Wildman–Crippen LogP) is 2.75. The molecule has 1 fully saturated rings. The topological polar surface area (TPSA) is 64.4 Å². The van der Waals surface area contributed by atoms with E-state index in [9.17, 15) is 9.59 Å². The zero-order chi connectivity index (χ0) is 18.8. The van der Waals surface area contributed by atoms with Crippen LogP contribution in [0.1, 0.15) is 49.5 Å². The predicted molar refractivity (Wildman–Crippen MR) is 106 cm³/mol. The van der Waals surface area contributed by atoms with Gasteiger partial charge < -0.3 is 9.64 Å². The van der Waals surface area contributed by atoms with Crippen molar-refractivity contribution < 1.29 is 9.53 Å². The maximum atomic E-state index is 13.0. The van der Waals surface area contributed by atoms with E-state index in [1.807, 2.05) is 11.8 Å². The average Bonchev–Trinajstić information content (AvgIpc) is 3.32. The first-order chi connectivity index (χ1) is 13.2. The van der Waals surface area contributed by atoms with Gasteiger partial charge >= 0.3 is 0 Å². The second-order valence-electron chi connectivity index (χ2n) is 7.45. The number of thiophene rings is 1. The van der Waals surface area contributed by atoms with Crippen molar-refractivity contribution in [2.75, 3.05) is 19.7 Å². The number of fused-ring (bicyclic) bond motifs is 3. The number of carbonyl (C=O) groups excluding carboxylic acids is 1. The highest BCUT2D eigenvalue weighted by Crippen LogP contribution is 2.33. The van der Waals surface area contributed by atoms with Crippen LogP contribution in [0.4, 0.5) is 0 Å². The van der Waals surface area contributed by atoms with Gasteiger partial charge in [0.15, 0.2) is 0 Å². The van der Waals surface area contributed by atoms with Crippen LogP contribution >= 0.6 is 11.3 Å². The minimum atomic E-state index is 0.00868. The van der Waals surface area contributed by atoms with Gasteiger partial charge in [-0.15, -0.1) is 11.3 Å². The molecule has 0 spiro atoms. The quantitative estimate of drug-likeness (QED) is 0.762. The summed E-state index contributed by atoms with van der Waals surface area (Å²) >= 11 is 1.66. The van der Waals surface area contributed by atoms with E-state index in [2.05, 4.69) is 4.98 Å². The Labute approximate surface area is 163 Å². The van der Waals surface area contributed by atoms with Crippen molar-refractivity contribution in [3.05, 3.63) is 27.1 Å². The number of hydrogen-bond donors (Lipinski definition) is 0. The first kappa shape index (κ1) is 18.6. The molecule has 1 aliphatic heterocycles. The number of ether oxygens (including phenoxy) is 1. The number of likely N-dealkylation sites (N-methyl/N-ethyl adjacent to an activating group) is 1. The van der Waals surface area contributed by atoms with Crippen LogP contribution in [-0.4, -0.2) is 46.2 Å². The molecule has 0 radical (unpaired) electrons. The van der Waals surface area contributed by atoms with E-state index >= 15 is 0 Å². The Bertz CT molecular complexity index is 882. The summed E-state index contributed by atoms with van der Waals surface area (Å²) in [5.74, 6) is 0.0762. The molecule has 0 N–H and O–H groups in total. The van der Waals surface area contributed by atoms with Gasteiger partial charge in [0.2, 0.25) is 5.91 Å². The molecule has 0 aromatic carbocycles. The fourth-order valence-corrected chi connectivity index (χ4v) is 5.38. The van der Waals surface area contributed by atoms with Gasteiger partial charge in [0, 0.05) is 37.5 Å². The number of aromatic nitrogens is 2. The number of hydrogen-bond acceptors (Lipinski definition) is 5. The summed E-state index contributed by atoms with van der Waals surface area (Å²) in [6, 6.07) is 0. The number of carbonyl (C=O) groups is 1. The summed E-state index contributed by atoms with van der Waals surface area (Å²) in [5.41, 5.74) is 1.21. The van der Waals surface area contributed by atoms with Gasteiger partial charge in [0.05, 0.1) is 17.8 Å². The smallest absolute Gasteiger partial charge is 0.262 e. The van der Waals surface area contributed by atoms with E-state index in [-0.39, 0.29) is 17.6 Å². The lowest BCUT2D eigenvalue weighted by molar-refractivity contribution is -0.132. The molecule has 0 bridgehead atoms. The Balaban J connectivity index is 1.47. The Kier molecular flexibility index (Phi) is 5.59. The molecule has 1 saturated heterocycles. The summed E-state index contributed by atoms with van der Waals surface area (Å²) in [6.45, 7) is 4.49. The standard InChI is InChI=1S/C20H27N3O3S/c1-2-22(12-14-6-5-11-26-14)17(24)9-10-23-13-21-19-18(20(23)25)15-7-3-4-8-16(15)27-19/h13-14H,2-12H2,1H3. The third-order valence-electron chi connectivity index (χ3n) is 5.69. The molecule has 27 heavy (non-hydrogen) atoms. The molecule has 1 aliphatic carbocycles. The molecule has 6 nitrogen and oxygen atoms in total. The van der Waals surface area contributed by atoms with Crippen LogP contribution < -0.4 is 5.56 Å². The summed E-state index contributed by atoms with van der Waals surface area (Å²) < 4.78 is 7.26. The Morgan fingerprint density at radius 3 is 3.00 bits per heavy atom. The maximum absolute atomic E-state index is 13.0. The maximum Gasteiger partial charge on any atom is 0.262 e. The highest BCUT2D eigenvalue weighted by molar-refractivity contribution is 7.18. The molecular weight excluding hydrogens is 362 g/mol. The fourth-order valence-electron chi connectivity index (χ4n) is 4.16. The highest BCUT2D eigenvalue weighted by Gasteiger charge is 2.23. The molecule has 1 unspecified atom stereocenters. The molecule has 2 aromatic rings. The third-order valence-corrected chi connectivity index (χ3v) is 6.89. The molecule has 0 saturated carbocycles. The molecule has 4 rings (SSSR count). The minimum Gasteiger partial charge on any atom is -0.376 e. The van der Waals surface area contributed by atoms with Gasteiger partial charge in [-0.25, -0.2) is 4.98 Å². The molecule has 1 atom stereocenters. The van der Waals surface area contributed by atoms with E-state index in [0.717, 1.165) is 48.9 Å². The number of nitrogens with zero attached hydrogens (tertiary/aromatic N) is 3. The van der Waals surface area contributed by atoms with Crippen LogP contribution in [0, 0.1) is 0 Å². The highest BCUT2D eigenvalue weighted by atomic mass is 32.1. The van der Waals surface area contributed by atoms with Crippen molar-refractivity contribution in [1.29, 1.82) is 0 Å². The average molecular weight is 390 g/mol. The summed E-state index contributed by atoms with van der Waals surface area (Å²) in [7, 11) is 0. The second kappa shape index (κ2) is 8.10. The van der Waals surface area contributed by atoms with Crippen molar-refractivity contribution in [2.24, 2.45) is 0 Å². The van der Waals surface area contributed by atoms with Crippen LogP contribution in [0.15, 0.2) is 11.1 Å². The summed E-state index contributed by atoms with van der Waals surface area (Å²) in [6.07, 6.45) is 8.54. The fraction of sp³-hybridized carbons (Fsp3) is 0.650. The summed E-state index contributed by atoms with van der Waals surface area (Å²) in [4.78, 5) is 34.1. The number of aryl methyl sites for hydroxylation is 3. The SMILES string of the molecule is CCN(CC1CCCO1)C(=O)CCn1cnc2sc3c(c2c1=O)CCCC3. The Morgan fingerprint density at radius 2 is 2.22 bits per heavy atom. The van der Waals surface area contributed by atoms with E-state index in [0.29, 0.717) is 26.1 Å². The Hall–Kier alpha value is -1.73. The van der Waals surface area contributed by atoms with Crippen molar-refractivity contribution in [1.82, 2.24) is 14.5 Å². The van der Waals surface area contributed by atoms with Crippen LogP contribution in [-0.2, 0) is 28.9 Å².